The summed E-state index contributed by atoms with van der Waals surface area (Å²) in [6.45, 7) is 0.721. The van der Waals surface area contributed by atoms with Gasteiger partial charge in [0.1, 0.15) is 11.4 Å². The predicted octanol–water partition coefficient (Wildman–Crippen LogP) is 3.01. The van der Waals surface area contributed by atoms with Gasteiger partial charge in [-0.05, 0) is 25.0 Å². The highest BCUT2D eigenvalue weighted by Gasteiger charge is 2.41. The predicted molar refractivity (Wildman–Crippen MR) is 75.6 cm³/mol. The summed E-state index contributed by atoms with van der Waals surface area (Å²) in [5.41, 5.74) is 1.48. The molecule has 2 N–H and O–H groups in total. The lowest BCUT2D eigenvalue weighted by atomic mass is 9.73. The number of anilines is 2. The van der Waals surface area contributed by atoms with Crippen LogP contribution in [-0.2, 0) is 4.79 Å². The minimum Gasteiger partial charge on any atom is -0.494 e. The van der Waals surface area contributed by atoms with Crippen molar-refractivity contribution in [3.63, 3.8) is 0 Å². The molecule has 0 radical (unpaired) electrons. The van der Waals surface area contributed by atoms with E-state index in [0.29, 0.717) is 5.75 Å². The van der Waals surface area contributed by atoms with Crippen LogP contribution in [0.4, 0.5) is 11.4 Å². The summed E-state index contributed by atoms with van der Waals surface area (Å²) >= 11 is 0. The molecule has 1 fully saturated rings. The van der Waals surface area contributed by atoms with Crippen LogP contribution in [0.2, 0.25) is 0 Å². The van der Waals surface area contributed by atoms with Gasteiger partial charge in [-0.2, -0.15) is 0 Å². The van der Waals surface area contributed by atoms with E-state index in [1.807, 2.05) is 18.2 Å². The quantitative estimate of drug-likeness (QED) is 0.816. The zero-order chi connectivity index (χ0) is 13.3. The zero-order valence-electron chi connectivity index (χ0n) is 11.3. The fraction of sp³-hybridized carbons (Fsp3) is 0.533. The molecule has 0 unspecified atom stereocenters. The summed E-state index contributed by atoms with van der Waals surface area (Å²) in [7, 11) is 1.63. The van der Waals surface area contributed by atoms with Crippen molar-refractivity contribution in [2.75, 3.05) is 24.3 Å². The molecule has 1 aromatic rings. The molecule has 0 aromatic heterocycles. The molecular formula is C15H20N2O2. The summed E-state index contributed by atoms with van der Waals surface area (Å²) in [6, 6.07) is 5.80. The van der Waals surface area contributed by atoms with E-state index in [9.17, 15) is 4.79 Å². The molecule has 1 spiro atoms. The van der Waals surface area contributed by atoms with Crippen molar-refractivity contribution in [3.8, 4) is 5.75 Å². The number of nitrogens with one attached hydrogen (secondary N) is 2. The van der Waals surface area contributed by atoms with Crippen molar-refractivity contribution in [2.24, 2.45) is 5.41 Å². The Labute approximate surface area is 113 Å². The normalized spacial score (nSPS) is 21.0. The third-order valence-electron chi connectivity index (χ3n) is 4.39. The van der Waals surface area contributed by atoms with E-state index in [1.54, 1.807) is 7.11 Å². The third-order valence-corrected chi connectivity index (χ3v) is 4.39. The van der Waals surface area contributed by atoms with Gasteiger partial charge in [0.2, 0.25) is 5.91 Å². The van der Waals surface area contributed by atoms with Gasteiger partial charge in [-0.25, -0.2) is 0 Å². The number of carbonyl (C=O) groups is 1. The molecule has 0 atom stereocenters. The Morgan fingerprint density at radius 2 is 2.00 bits per heavy atom. The molecule has 1 amide bonds. The molecule has 0 saturated heterocycles. The van der Waals surface area contributed by atoms with Crippen LogP contribution < -0.4 is 15.4 Å². The highest BCUT2D eigenvalue weighted by atomic mass is 16.5. The maximum Gasteiger partial charge on any atom is 0.232 e. The number of hydrogen-bond acceptors (Lipinski definition) is 3. The Kier molecular flexibility index (Phi) is 3.09. The zero-order valence-corrected chi connectivity index (χ0v) is 11.3. The van der Waals surface area contributed by atoms with E-state index in [1.165, 1.54) is 6.42 Å². The number of ether oxygens (including phenoxy) is 1. The summed E-state index contributed by atoms with van der Waals surface area (Å²) < 4.78 is 5.34. The van der Waals surface area contributed by atoms with Gasteiger partial charge in [0.25, 0.3) is 0 Å². The van der Waals surface area contributed by atoms with E-state index < -0.39 is 0 Å². The van der Waals surface area contributed by atoms with Crippen molar-refractivity contribution in [1.82, 2.24) is 0 Å². The molecule has 102 valence electrons. The Morgan fingerprint density at radius 1 is 1.21 bits per heavy atom. The van der Waals surface area contributed by atoms with Crippen molar-refractivity contribution >= 4 is 17.3 Å². The SMILES string of the molecule is COc1cccc2c1NC(=O)C1(CCCCC1)CN2. The first kappa shape index (κ1) is 12.3. The van der Waals surface area contributed by atoms with E-state index in [-0.39, 0.29) is 11.3 Å². The summed E-state index contributed by atoms with van der Waals surface area (Å²) in [5.74, 6) is 0.856. The molecule has 1 aliphatic heterocycles. The second kappa shape index (κ2) is 4.76. The largest absolute Gasteiger partial charge is 0.494 e. The van der Waals surface area contributed by atoms with E-state index in [0.717, 1.165) is 43.6 Å². The van der Waals surface area contributed by atoms with Gasteiger partial charge < -0.3 is 15.4 Å². The van der Waals surface area contributed by atoms with Crippen LogP contribution in [0.5, 0.6) is 5.75 Å². The van der Waals surface area contributed by atoms with Gasteiger partial charge in [0.15, 0.2) is 0 Å². The minimum absolute atomic E-state index is 0.142. The van der Waals surface area contributed by atoms with E-state index in [4.69, 9.17) is 4.74 Å². The lowest BCUT2D eigenvalue weighted by molar-refractivity contribution is -0.126. The van der Waals surface area contributed by atoms with Crippen LogP contribution >= 0.6 is 0 Å². The minimum atomic E-state index is -0.248. The number of rotatable bonds is 1. The first-order chi connectivity index (χ1) is 9.25. The number of methoxy groups -OCH3 is 1. The van der Waals surface area contributed by atoms with E-state index >= 15 is 0 Å². The lowest BCUT2D eigenvalue weighted by Gasteiger charge is -2.34. The fourth-order valence-corrected chi connectivity index (χ4v) is 3.20. The van der Waals surface area contributed by atoms with Gasteiger partial charge in [-0.15, -0.1) is 0 Å². The molecule has 3 rings (SSSR count). The van der Waals surface area contributed by atoms with Gasteiger partial charge in [0, 0.05) is 6.54 Å². The Bertz CT molecular complexity index is 493. The highest BCUT2D eigenvalue weighted by Crippen LogP contribution is 2.43. The van der Waals surface area contributed by atoms with E-state index in [2.05, 4.69) is 10.6 Å². The Hall–Kier alpha value is -1.71. The van der Waals surface area contributed by atoms with Gasteiger partial charge in [0.05, 0.1) is 18.2 Å². The van der Waals surface area contributed by atoms with Crippen LogP contribution in [-0.4, -0.2) is 19.6 Å². The Morgan fingerprint density at radius 3 is 2.74 bits per heavy atom. The van der Waals surface area contributed by atoms with Crippen molar-refractivity contribution in [3.05, 3.63) is 18.2 Å². The lowest BCUT2D eigenvalue weighted by Crippen LogP contribution is -2.41. The molecule has 1 aliphatic carbocycles. The number of para-hydroxylation sites is 1. The second-order valence-corrected chi connectivity index (χ2v) is 5.53. The van der Waals surface area contributed by atoms with Crippen LogP contribution in [0.25, 0.3) is 0 Å². The number of carbonyl (C=O) groups excluding carboxylic acids is 1. The summed E-state index contributed by atoms with van der Waals surface area (Å²) in [5, 5.41) is 6.50. The number of amides is 1. The van der Waals surface area contributed by atoms with Crippen LogP contribution in [0.1, 0.15) is 32.1 Å². The van der Waals surface area contributed by atoms with Crippen LogP contribution in [0, 0.1) is 5.41 Å². The van der Waals surface area contributed by atoms with Crippen molar-refractivity contribution in [1.29, 1.82) is 0 Å². The van der Waals surface area contributed by atoms with Crippen molar-refractivity contribution in [2.45, 2.75) is 32.1 Å². The van der Waals surface area contributed by atoms with Crippen molar-refractivity contribution < 1.29 is 9.53 Å². The second-order valence-electron chi connectivity index (χ2n) is 5.53. The monoisotopic (exact) mass is 260 g/mol. The maximum atomic E-state index is 12.6. The molecule has 1 saturated carbocycles. The molecule has 4 nitrogen and oxygen atoms in total. The number of hydrogen-bond donors (Lipinski definition) is 2. The molecule has 1 aromatic carbocycles. The summed E-state index contributed by atoms with van der Waals surface area (Å²) in [4.78, 5) is 12.6. The number of benzene rings is 1. The molecule has 0 bridgehead atoms. The van der Waals surface area contributed by atoms with Crippen LogP contribution in [0.3, 0.4) is 0 Å². The van der Waals surface area contributed by atoms with Crippen LogP contribution in [0.15, 0.2) is 18.2 Å². The summed E-state index contributed by atoms with van der Waals surface area (Å²) in [6.07, 6.45) is 5.47. The van der Waals surface area contributed by atoms with Gasteiger partial charge in [-0.3, -0.25) is 4.79 Å². The van der Waals surface area contributed by atoms with Gasteiger partial charge >= 0.3 is 0 Å². The fourth-order valence-electron chi connectivity index (χ4n) is 3.20. The first-order valence-corrected chi connectivity index (χ1v) is 6.97. The molecule has 4 heteroatoms. The van der Waals surface area contributed by atoms with Gasteiger partial charge in [-0.1, -0.05) is 25.3 Å². The standard InChI is InChI=1S/C15H20N2O2/c1-19-12-7-5-6-11-13(12)17-14(18)15(10-16-11)8-3-2-4-9-15/h5-7,16H,2-4,8-10H2,1H3,(H,17,18). The number of fused-ring (bicyclic) bond motifs is 1. The molecule has 1 heterocycles. The molecule has 2 aliphatic rings. The third kappa shape index (κ3) is 2.05. The first-order valence-electron chi connectivity index (χ1n) is 6.97. The highest BCUT2D eigenvalue weighted by molar-refractivity contribution is 6.01. The Balaban J connectivity index is 1.95. The topological polar surface area (TPSA) is 50.4 Å². The molecule has 19 heavy (non-hydrogen) atoms. The maximum absolute atomic E-state index is 12.6. The average Bonchev–Trinajstić information content (AvgIpc) is 2.58. The average molecular weight is 260 g/mol. The smallest absolute Gasteiger partial charge is 0.232 e. The molecular weight excluding hydrogens is 240 g/mol.